The molecule has 0 spiro atoms. The highest BCUT2D eigenvalue weighted by Crippen LogP contribution is 2.29. The van der Waals surface area contributed by atoms with Crippen molar-refractivity contribution >= 4 is 0 Å². The number of para-hydroxylation sites is 1. The zero-order valence-corrected chi connectivity index (χ0v) is 10.3. The Morgan fingerprint density at radius 1 is 1.38 bits per heavy atom. The summed E-state index contributed by atoms with van der Waals surface area (Å²) in [5.41, 5.74) is 0.881. The highest BCUT2D eigenvalue weighted by atomic mass is 16.5. The number of aromatic hydroxyl groups is 1. The van der Waals surface area contributed by atoms with Crippen molar-refractivity contribution < 1.29 is 9.84 Å². The van der Waals surface area contributed by atoms with Gasteiger partial charge in [0.15, 0.2) is 11.5 Å². The second-order valence-corrected chi connectivity index (χ2v) is 3.89. The summed E-state index contributed by atoms with van der Waals surface area (Å²) in [5, 5.41) is 13.3. The molecule has 90 valence electrons. The molecule has 0 saturated carbocycles. The van der Waals surface area contributed by atoms with Crippen molar-refractivity contribution in [2.75, 3.05) is 6.61 Å². The van der Waals surface area contributed by atoms with Crippen LogP contribution in [0.15, 0.2) is 18.2 Å². The van der Waals surface area contributed by atoms with Gasteiger partial charge < -0.3 is 15.2 Å². The number of benzene rings is 1. The van der Waals surface area contributed by atoms with Gasteiger partial charge in [-0.2, -0.15) is 0 Å². The first kappa shape index (κ1) is 12.8. The molecule has 0 aromatic heterocycles. The van der Waals surface area contributed by atoms with Gasteiger partial charge in [0.2, 0.25) is 0 Å². The van der Waals surface area contributed by atoms with Gasteiger partial charge in [0.25, 0.3) is 0 Å². The summed E-state index contributed by atoms with van der Waals surface area (Å²) in [5.74, 6) is 0.811. The van der Waals surface area contributed by atoms with Gasteiger partial charge in [-0.25, -0.2) is 0 Å². The zero-order valence-electron chi connectivity index (χ0n) is 10.3. The molecule has 0 aliphatic carbocycles. The van der Waals surface area contributed by atoms with E-state index in [1.54, 1.807) is 6.07 Å². The van der Waals surface area contributed by atoms with Crippen LogP contribution in [0.5, 0.6) is 11.5 Å². The lowest BCUT2D eigenvalue weighted by Crippen LogP contribution is -2.24. The summed E-state index contributed by atoms with van der Waals surface area (Å²) in [4.78, 5) is 0. The maximum Gasteiger partial charge on any atom is 0.162 e. The van der Waals surface area contributed by atoms with E-state index >= 15 is 0 Å². The summed E-state index contributed by atoms with van der Waals surface area (Å²) in [6.07, 6.45) is 1.08. The molecule has 0 fully saturated rings. The number of rotatable bonds is 6. The van der Waals surface area contributed by atoms with Gasteiger partial charge in [-0.3, -0.25) is 0 Å². The highest BCUT2D eigenvalue weighted by Gasteiger charge is 2.08. The fraction of sp³-hybridized carbons (Fsp3) is 0.538. The average Bonchev–Trinajstić information content (AvgIpc) is 2.30. The third kappa shape index (κ3) is 3.42. The van der Waals surface area contributed by atoms with E-state index in [2.05, 4.69) is 19.2 Å². The minimum Gasteiger partial charge on any atom is -0.504 e. The predicted octanol–water partition coefficient (Wildman–Crippen LogP) is 2.68. The molecule has 16 heavy (non-hydrogen) atoms. The highest BCUT2D eigenvalue weighted by molar-refractivity contribution is 5.45. The van der Waals surface area contributed by atoms with Gasteiger partial charge in [0.05, 0.1) is 6.61 Å². The van der Waals surface area contributed by atoms with Gasteiger partial charge in [0, 0.05) is 18.2 Å². The Hall–Kier alpha value is -1.22. The molecule has 1 aromatic rings. The molecular formula is C13H21NO2. The number of nitrogens with one attached hydrogen (secondary N) is 1. The second kappa shape index (κ2) is 6.38. The van der Waals surface area contributed by atoms with Crippen LogP contribution in [0, 0.1) is 0 Å². The Labute approximate surface area is 97.4 Å². The lowest BCUT2D eigenvalue weighted by molar-refractivity contribution is 0.316. The standard InChI is InChI=1S/C13H21NO2/c1-4-10(3)14-9-11-7-6-8-12(13(11)15)16-5-2/h6-8,10,14-15H,4-5,9H2,1-3H3/t10-/m1/s1. The number of phenolic OH excluding ortho intramolecular Hbond substituents is 1. The Balaban J connectivity index is 2.69. The fourth-order valence-corrected chi connectivity index (χ4v) is 1.41. The topological polar surface area (TPSA) is 41.5 Å². The smallest absolute Gasteiger partial charge is 0.162 e. The van der Waals surface area contributed by atoms with Gasteiger partial charge in [-0.1, -0.05) is 19.1 Å². The first-order valence-corrected chi connectivity index (χ1v) is 5.86. The summed E-state index contributed by atoms with van der Waals surface area (Å²) in [7, 11) is 0. The van der Waals surface area contributed by atoms with Gasteiger partial charge in [-0.05, 0) is 26.3 Å². The first-order valence-electron chi connectivity index (χ1n) is 5.86. The van der Waals surface area contributed by atoms with Gasteiger partial charge >= 0.3 is 0 Å². The maximum atomic E-state index is 9.94. The van der Waals surface area contributed by atoms with Crippen molar-refractivity contribution in [1.82, 2.24) is 5.32 Å². The predicted molar refractivity (Wildman–Crippen MR) is 65.9 cm³/mol. The number of hydrogen-bond donors (Lipinski definition) is 2. The first-order chi connectivity index (χ1) is 7.69. The van der Waals surface area contributed by atoms with Crippen LogP contribution in [0.25, 0.3) is 0 Å². The fourth-order valence-electron chi connectivity index (χ4n) is 1.41. The summed E-state index contributed by atoms with van der Waals surface area (Å²) in [6.45, 7) is 7.40. The van der Waals surface area contributed by atoms with E-state index in [9.17, 15) is 5.11 Å². The Bertz CT molecular complexity index is 326. The molecule has 0 heterocycles. The monoisotopic (exact) mass is 223 g/mol. The summed E-state index contributed by atoms with van der Waals surface area (Å²) >= 11 is 0. The van der Waals surface area contributed by atoms with Crippen molar-refractivity contribution in [3.05, 3.63) is 23.8 Å². The van der Waals surface area contributed by atoms with Crippen molar-refractivity contribution in [3.8, 4) is 11.5 Å². The molecule has 0 unspecified atom stereocenters. The minimum absolute atomic E-state index is 0.250. The van der Waals surface area contributed by atoms with Crippen LogP contribution >= 0.6 is 0 Å². The molecule has 0 bridgehead atoms. The van der Waals surface area contributed by atoms with Crippen LogP contribution in [0.3, 0.4) is 0 Å². The molecule has 2 N–H and O–H groups in total. The third-order valence-corrected chi connectivity index (χ3v) is 2.64. The minimum atomic E-state index is 0.250. The van der Waals surface area contributed by atoms with E-state index in [1.165, 1.54) is 0 Å². The quantitative estimate of drug-likeness (QED) is 0.779. The Kier molecular flexibility index (Phi) is 5.12. The SMILES string of the molecule is CCOc1cccc(CN[C@H](C)CC)c1O. The van der Waals surface area contributed by atoms with Crippen LogP contribution in [-0.4, -0.2) is 17.8 Å². The molecule has 1 aromatic carbocycles. The van der Waals surface area contributed by atoms with Crippen LogP contribution < -0.4 is 10.1 Å². The Morgan fingerprint density at radius 3 is 2.75 bits per heavy atom. The molecule has 0 radical (unpaired) electrons. The normalized spacial score (nSPS) is 12.4. The molecule has 0 saturated heterocycles. The summed E-state index contributed by atoms with van der Waals surface area (Å²) in [6, 6.07) is 6.05. The molecule has 1 atom stereocenters. The van der Waals surface area contributed by atoms with Crippen molar-refractivity contribution in [1.29, 1.82) is 0 Å². The molecule has 0 aliphatic heterocycles. The van der Waals surface area contributed by atoms with Crippen LogP contribution in [0.1, 0.15) is 32.8 Å². The number of hydrogen-bond acceptors (Lipinski definition) is 3. The second-order valence-electron chi connectivity index (χ2n) is 3.89. The van der Waals surface area contributed by atoms with E-state index in [-0.39, 0.29) is 5.75 Å². The van der Waals surface area contributed by atoms with Crippen LogP contribution in [0.4, 0.5) is 0 Å². The molecule has 0 aliphatic rings. The van der Waals surface area contributed by atoms with Crippen molar-refractivity contribution in [2.45, 2.75) is 39.8 Å². The summed E-state index contributed by atoms with van der Waals surface area (Å²) < 4.78 is 5.33. The molecule has 3 heteroatoms. The number of ether oxygens (including phenoxy) is 1. The largest absolute Gasteiger partial charge is 0.504 e. The maximum absolute atomic E-state index is 9.94. The van der Waals surface area contributed by atoms with E-state index in [0.29, 0.717) is 24.9 Å². The van der Waals surface area contributed by atoms with E-state index in [0.717, 1.165) is 12.0 Å². The van der Waals surface area contributed by atoms with E-state index in [4.69, 9.17) is 4.74 Å². The lowest BCUT2D eigenvalue weighted by Gasteiger charge is -2.14. The molecule has 1 rings (SSSR count). The van der Waals surface area contributed by atoms with Crippen LogP contribution in [0.2, 0.25) is 0 Å². The van der Waals surface area contributed by atoms with Gasteiger partial charge in [0.1, 0.15) is 0 Å². The van der Waals surface area contributed by atoms with Gasteiger partial charge in [-0.15, -0.1) is 0 Å². The van der Waals surface area contributed by atoms with Crippen molar-refractivity contribution in [2.24, 2.45) is 0 Å². The van der Waals surface area contributed by atoms with E-state index in [1.807, 2.05) is 19.1 Å². The number of phenols is 1. The molecule has 0 amide bonds. The lowest BCUT2D eigenvalue weighted by atomic mass is 10.1. The molecular weight excluding hydrogens is 202 g/mol. The zero-order chi connectivity index (χ0) is 12.0. The van der Waals surface area contributed by atoms with E-state index < -0.39 is 0 Å². The average molecular weight is 223 g/mol. The van der Waals surface area contributed by atoms with Crippen LogP contribution in [-0.2, 0) is 6.54 Å². The third-order valence-electron chi connectivity index (χ3n) is 2.64. The molecule has 3 nitrogen and oxygen atoms in total. The van der Waals surface area contributed by atoms with Crippen molar-refractivity contribution in [3.63, 3.8) is 0 Å². The Morgan fingerprint density at radius 2 is 2.12 bits per heavy atom.